The zero-order valence-electron chi connectivity index (χ0n) is 12.2. The number of hydrogen-bond acceptors (Lipinski definition) is 5. The number of nitrogens with zero attached hydrogens (tertiary/aromatic N) is 1. The van der Waals surface area contributed by atoms with Crippen molar-refractivity contribution in [3.05, 3.63) is 50.8 Å². The van der Waals surface area contributed by atoms with Crippen LogP contribution in [0.1, 0.15) is 12.7 Å². The summed E-state index contributed by atoms with van der Waals surface area (Å²) in [4.78, 5) is 17.0. The Morgan fingerprint density at radius 2 is 2.09 bits per heavy atom. The minimum absolute atomic E-state index is 0.175. The highest BCUT2D eigenvalue weighted by molar-refractivity contribution is 14.1. The van der Waals surface area contributed by atoms with Crippen molar-refractivity contribution in [2.45, 2.75) is 6.92 Å². The first-order valence-electron chi connectivity index (χ1n) is 6.92. The van der Waals surface area contributed by atoms with Crippen molar-refractivity contribution >= 4 is 57.2 Å². The van der Waals surface area contributed by atoms with Gasteiger partial charge in [-0.1, -0.05) is 0 Å². The predicted molar refractivity (Wildman–Crippen MR) is 99.8 cm³/mol. The van der Waals surface area contributed by atoms with E-state index >= 15 is 0 Å². The molecule has 5 nitrogen and oxygen atoms in total. The molecule has 0 radical (unpaired) electrons. The highest BCUT2D eigenvalue weighted by atomic mass is 127. The summed E-state index contributed by atoms with van der Waals surface area (Å²) in [6, 6.07) is 11.1. The molecule has 1 N–H and O–H groups in total. The number of amides is 1. The van der Waals surface area contributed by atoms with Crippen LogP contribution in [0.2, 0.25) is 0 Å². The van der Waals surface area contributed by atoms with Crippen LogP contribution in [0, 0.1) is 3.77 Å². The summed E-state index contributed by atoms with van der Waals surface area (Å²) in [5.41, 5.74) is 0.755. The summed E-state index contributed by atoms with van der Waals surface area (Å²) < 4.78 is 11.6. The Morgan fingerprint density at radius 3 is 2.74 bits per heavy atom. The summed E-state index contributed by atoms with van der Waals surface area (Å²) in [5.74, 6) is 1.27. The molecule has 0 atom stereocenters. The molecule has 0 bridgehead atoms. The van der Waals surface area contributed by atoms with E-state index in [1.807, 2.05) is 43.3 Å². The van der Waals surface area contributed by atoms with Crippen LogP contribution >= 0.6 is 34.4 Å². The van der Waals surface area contributed by atoms with Crippen LogP contribution < -0.4 is 10.1 Å². The van der Waals surface area contributed by atoms with E-state index in [2.05, 4.69) is 32.9 Å². The van der Waals surface area contributed by atoms with Gasteiger partial charge in [-0.2, -0.15) is 0 Å². The summed E-state index contributed by atoms with van der Waals surface area (Å²) in [5, 5.41) is 3.30. The van der Waals surface area contributed by atoms with Crippen molar-refractivity contribution in [2.75, 3.05) is 6.61 Å². The van der Waals surface area contributed by atoms with Crippen LogP contribution in [0.5, 0.6) is 5.75 Å². The Morgan fingerprint density at radius 1 is 1.30 bits per heavy atom. The van der Waals surface area contributed by atoms with Gasteiger partial charge in [0.05, 0.1) is 17.2 Å². The number of amidine groups is 1. The Balaban J connectivity index is 1.75. The molecule has 1 amide bonds. The second kappa shape index (κ2) is 7.22. The van der Waals surface area contributed by atoms with Crippen LogP contribution in [0.25, 0.3) is 6.08 Å². The molecule has 2 aromatic rings. The van der Waals surface area contributed by atoms with Gasteiger partial charge in [0, 0.05) is 6.08 Å². The number of aliphatic imine (C=N–C) groups is 1. The molecule has 0 aliphatic carbocycles. The fraction of sp³-hybridized carbons (Fsp3) is 0.125. The van der Waals surface area contributed by atoms with Gasteiger partial charge < -0.3 is 14.5 Å². The van der Waals surface area contributed by atoms with Crippen molar-refractivity contribution in [2.24, 2.45) is 4.99 Å². The first kappa shape index (κ1) is 16.1. The number of ether oxygens (including phenoxy) is 1. The van der Waals surface area contributed by atoms with Crippen molar-refractivity contribution in [3.8, 4) is 5.75 Å². The molecule has 1 fully saturated rings. The summed E-state index contributed by atoms with van der Waals surface area (Å²) in [7, 11) is 0. The molecule has 0 unspecified atom stereocenters. The second-order valence-electron chi connectivity index (χ2n) is 4.55. The van der Waals surface area contributed by atoms with Gasteiger partial charge in [0.2, 0.25) is 0 Å². The molecule has 0 saturated carbocycles. The molecular weight excluding hydrogens is 427 g/mol. The Kier molecular flexibility index (Phi) is 5.06. The number of hydrogen-bond donors (Lipinski definition) is 1. The van der Waals surface area contributed by atoms with Crippen molar-refractivity contribution in [1.82, 2.24) is 5.32 Å². The fourth-order valence-electron chi connectivity index (χ4n) is 1.92. The molecule has 2 heterocycles. The number of carbonyl (C=O) groups is 1. The maximum absolute atomic E-state index is 12.0. The van der Waals surface area contributed by atoms with Gasteiger partial charge in [-0.15, -0.1) is 0 Å². The van der Waals surface area contributed by atoms with Crippen LogP contribution in [0.4, 0.5) is 5.69 Å². The molecule has 1 aliphatic heterocycles. The van der Waals surface area contributed by atoms with Gasteiger partial charge in [-0.3, -0.25) is 4.79 Å². The first-order chi connectivity index (χ1) is 11.1. The molecule has 1 aromatic heterocycles. The zero-order chi connectivity index (χ0) is 16.2. The van der Waals surface area contributed by atoms with Gasteiger partial charge >= 0.3 is 0 Å². The molecule has 7 heteroatoms. The number of carbonyl (C=O) groups excluding carboxylic acids is 1. The summed E-state index contributed by atoms with van der Waals surface area (Å²) in [6.45, 7) is 2.56. The van der Waals surface area contributed by atoms with Gasteiger partial charge in [-0.25, -0.2) is 4.99 Å². The maximum Gasteiger partial charge on any atom is 0.264 e. The molecular formula is C16H13IN2O3S. The van der Waals surface area contributed by atoms with Gasteiger partial charge in [0.25, 0.3) is 5.91 Å². The molecule has 0 spiro atoms. The average molecular weight is 440 g/mol. The Bertz CT molecular complexity index is 781. The topological polar surface area (TPSA) is 63.8 Å². The van der Waals surface area contributed by atoms with E-state index in [-0.39, 0.29) is 5.91 Å². The second-order valence-corrected chi connectivity index (χ2v) is 6.64. The monoisotopic (exact) mass is 440 g/mol. The largest absolute Gasteiger partial charge is 0.494 e. The van der Waals surface area contributed by atoms with Crippen LogP contribution in [0.3, 0.4) is 0 Å². The summed E-state index contributed by atoms with van der Waals surface area (Å²) in [6.07, 6.45) is 1.71. The third kappa shape index (κ3) is 4.17. The molecule has 1 saturated heterocycles. The third-order valence-corrected chi connectivity index (χ3v) is 4.39. The lowest BCUT2D eigenvalue weighted by Crippen LogP contribution is -2.19. The number of benzene rings is 1. The van der Waals surface area contributed by atoms with Crippen LogP contribution in [0.15, 0.2) is 50.7 Å². The molecule has 3 rings (SSSR count). The number of rotatable bonds is 4. The average Bonchev–Trinajstić information content (AvgIpc) is 3.08. The number of nitrogens with one attached hydrogen (secondary N) is 1. The maximum atomic E-state index is 12.0. The van der Waals surface area contributed by atoms with E-state index in [9.17, 15) is 4.79 Å². The van der Waals surface area contributed by atoms with E-state index in [1.54, 1.807) is 6.08 Å². The molecule has 1 aliphatic rings. The van der Waals surface area contributed by atoms with Gasteiger partial charge in [0.15, 0.2) is 8.93 Å². The highest BCUT2D eigenvalue weighted by Crippen LogP contribution is 2.29. The van der Waals surface area contributed by atoms with E-state index in [0.717, 1.165) is 15.2 Å². The smallest absolute Gasteiger partial charge is 0.264 e. The SMILES string of the molecule is CCOc1ccc(N=C2NC(=O)/C(=C/c3ccc(I)o3)S2)cc1. The summed E-state index contributed by atoms with van der Waals surface area (Å²) >= 11 is 3.37. The number of furan rings is 1. The van der Waals surface area contributed by atoms with Crippen LogP contribution in [-0.4, -0.2) is 17.7 Å². The van der Waals surface area contributed by atoms with Crippen LogP contribution in [-0.2, 0) is 4.79 Å². The van der Waals surface area contributed by atoms with Crippen molar-refractivity contribution < 1.29 is 13.9 Å². The third-order valence-electron chi connectivity index (χ3n) is 2.90. The van der Waals surface area contributed by atoms with Gasteiger partial charge in [-0.05, 0) is 77.7 Å². The lowest BCUT2D eigenvalue weighted by Gasteiger charge is -2.02. The first-order valence-corrected chi connectivity index (χ1v) is 8.81. The van der Waals surface area contributed by atoms with Crippen molar-refractivity contribution in [3.63, 3.8) is 0 Å². The lowest BCUT2D eigenvalue weighted by atomic mass is 10.3. The quantitative estimate of drug-likeness (QED) is 0.573. The standard InChI is InChI=1S/C16H13IN2O3S/c1-2-21-11-5-3-10(4-6-11)18-16-19-15(20)13(23-16)9-12-7-8-14(17)22-12/h3-9H,2H2,1H3,(H,18,19,20)/b13-9-. The Labute approximate surface area is 151 Å². The van der Waals surface area contributed by atoms with E-state index < -0.39 is 0 Å². The van der Waals surface area contributed by atoms with Crippen molar-refractivity contribution in [1.29, 1.82) is 0 Å². The number of thioether (sulfide) groups is 1. The Hall–Kier alpha value is -1.74. The lowest BCUT2D eigenvalue weighted by molar-refractivity contribution is -0.115. The molecule has 1 aromatic carbocycles. The fourth-order valence-corrected chi connectivity index (χ4v) is 3.17. The van der Waals surface area contributed by atoms with E-state index in [1.165, 1.54) is 11.8 Å². The van der Waals surface area contributed by atoms with Gasteiger partial charge in [0.1, 0.15) is 11.5 Å². The normalized spacial score (nSPS) is 17.7. The van der Waals surface area contributed by atoms with E-state index in [4.69, 9.17) is 9.15 Å². The highest BCUT2D eigenvalue weighted by Gasteiger charge is 2.24. The minimum atomic E-state index is -0.175. The van der Waals surface area contributed by atoms with E-state index in [0.29, 0.717) is 22.4 Å². The predicted octanol–water partition coefficient (Wildman–Crippen LogP) is 4.17. The molecule has 118 valence electrons. The minimum Gasteiger partial charge on any atom is -0.494 e. The zero-order valence-corrected chi connectivity index (χ0v) is 15.2. The molecule has 23 heavy (non-hydrogen) atoms. The number of halogens is 1.